The number of hydrogen-bond donors (Lipinski definition) is 2. The summed E-state index contributed by atoms with van der Waals surface area (Å²) in [5.74, 6) is -0.0932. The molecule has 1 heterocycles. The Morgan fingerprint density at radius 2 is 1.63 bits per heavy atom. The van der Waals surface area contributed by atoms with E-state index in [2.05, 4.69) is 15.5 Å². The number of nitrogens with zero attached hydrogens (tertiary/aromatic N) is 3. The number of likely N-dealkylation sites (N-methyl/N-ethyl adjacent to an activating group) is 1. The molecule has 0 aliphatic carbocycles. The van der Waals surface area contributed by atoms with E-state index in [0.29, 0.717) is 39.3 Å². The molecule has 2 N–H and O–H groups in total. The van der Waals surface area contributed by atoms with E-state index in [-0.39, 0.29) is 30.8 Å². The highest BCUT2D eigenvalue weighted by Gasteiger charge is 2.23. The van der Waals surface area contributed by atoms with Crippen molar-refractivity contribution in [3.8, 4) is 0 Å². The van der Waals surface area contributed by atoms with Gasteiger partial charge in [-0.2, -0.15) is 0 Å². The first kappa shape index (κ1) is 23.8. The van der Waals surface area contributed by atoms with Crippen molar-refractivity contribution in [3.05, 3.63) is 29.3 Å². The summed E-state index contributed by atoms with van der Waals surface area (Å²) in [6.45, 7) is 9.92. The van der Waals surface area contributed by atoms with Crippen LogP contribution in [-0.4, -0.2) is 91.8 Å². The molecular weight excluding hydrogens is 382 g/mol. The standard InChI is InChI=1S/C22H35N5O3/c1-5-9-23-19(28)15-26-10-12-27(13-11-26)21(30)16-25(4)14-20(29)24-22-17(2)7-6-8-18(22)3/h6-8H,5,9-16H2,1-4H3,(H,23,28)(H,24,29). The molecule has 3 amide bonds. The summed E-state index contributed by atoms with van der Waals surface area (Å²) in [6, 6.07) is 5.88. The molecule has 0 radical (unpaired) electrons. The molecule has 0 bridgehead atoms. The van der Waals surface area contributed by atoms with E-state index in [1.807, 2.05) is 39.0 Å². The lowest BCUT2D eigenvalue weighted by molar-refractivity contribution is -0.134. The van der Waals surface area contributed by atoms with Gasteiger partial charge in [0.25, 0.3) is 0 Å². The van der Waals surface area contributed by atoms with E-state index in [1.165, 1.54) is 0 Å². The van der Waals surface area contributed by atoms with Crippen LogP contribution in [-0.2, 0) is 14.4 Å². The second-order valence-electron chi connectivity index (χ2n) is 7.99. The summed E-state index contributed by atoms with van der Waals surface area (Å²) in [5.41, 5.74) is 2.87. The van der Waals surface area contributed by atoms with E-state index >= 15 is 0 Å². The van der Waals surface area contributed by atoms with Crippen LogP contribution >= 0.6 is 0 Å². The first-order chi connectivity index (χ1) is 14.3. The summed E-state index contributed by atoms with van der Waals surface area (Å²) in [5, 5.41) is 5.83. The lowest BCUT2D eigenvalue weighted by Gasteiger charge is -2.35. The number of carbonyl (C=O) groups is 3. The van der Waals surface area contributed by atoms with Gasteiger partial charge in [-0.1, -0.05) is 25.1 Å². The third kappa shape index (κ3) is 7.42. The van der Waals surface area contributed by atoms with Crippen molar-refractivity contribution < 1.29 is 14.4 Å². The maximum Gasteiger partial charge on any atom is 0.238 e. The topological polar surface area (TPSA) is 85.0 Å². The summed E-state index contributed by atoms with van der Waals surface area (Å²) < 4.78 is 0. The van der Waals surface area contributed by atoms with Gasteiger partial charge in [0.15, 0.2) is 0 Å². The number of benzene rings is 1. The van der Waals surface area contributed by atoms with E-state index in [1.54, 1.807) is 16.8 Å². The number of nitrogens with one attached hydrogen (secondary N) is 2. The van der Waals surface area contributed by atoms with E-state index in [0.717, 1.165) is 23.2 Å². The van der Waals surface area contributed by atoms with Gasteiger partial charge in [-0.05, 0) is 38.4 Å². The minimum Gasteiger partial charge on any atom is -0.355 e. The number of piperazine rings is 1. The Bertz CT molecular complexity index is 724. The van der Waals surface area contributed by atoms with Crippen molar-refractivity contribution in [2.24, 2.45) is 0 Å². The highest BCUT2D eigenvalue weighted by molar-refractivity contribution is 5.94. The number of rotatable bonds is 9. The number of carbonyl (C=O) groups excluding carboxylic acids is 3. The predicted molar refractivity (Wildman–Crippen MR) is 118 cm³/mol. The van der Waals surface area contributed by atoms with Crippen molar-refractivity contribution in [3.63, 3.8) is 0 Å². The van der Waals surface area contributed by atoms with Crippen LogP contribution in [0.25, 0.3) is 0 Å². The Kier molecular flexibility index (Phi) is 9.26. The SMILES string of the molecule is CCCNC(=O)CN1CCN(C(=O)CN(C)CC(=O)Nc2c(C)cccc2C)CC1. The highest BCUT2D eigenvalue weighted by atomic mass is 16.2. The number of hydrogen-bond acceptors (Lipinski definition) is 5. The van der Waals surface area contributed by atoms with Crippen LogP contribution in [0, 0.1) is 13.8 Å². The Balaban J connectivity index is 1.73. The van der Waals surface area contributed by atoms with Crippen LogP contribution in [0.3, 0.4) is 0 Å². The molecule has 1 fully saturated rings. The lowest BCUT2D eigenvalue weighted by atomic mass is 10.1. The molecule has 8 heteroatoms. The zero-order chi connectivity index (χ0) is 22.1. The van der Waals surface area contributed by atoms with Crippen molar-refractivity contribution in [2.45, 2.75) is 27.2 Å². The van der Waals surface area contributed by atoms with Crippen LogP contribution in [0.4, 0.5) is 5.69 Å². The Morgan fingerprint density at radius 1 is 1.00 bits per heavy atom. The largest absolute Gasteiger partial charge is 0.355 e. The predicted octanol–water partition coefficient (Wildman–Crippen LogP) is 0.844. The maximum atomic E-state index is 12.6. The molecule has 166 valence electrons. The summed E-state index contributed by atoms with van der Waals surface area (Å²) in [6.07, 6.45) is 0.921. The van der Waals surface area contributed by atoms with Crippen LogP contribution < -0.4 is 10.6 Å². The molecule has 1 aromatic rings. The molecule has 30 heavy (non-hydrogen) atoms. The van der Waals surface area contributed by atoms with Crippen LogP contribution in [0.15, 0.2) is 18.2 Å². The molecular formula is C22H35N5O3. The highest BCUT2D eigenvalue weighted by Crippen LogP contribution is 2.19. The molecule has 1 aromatic carbocycles. The fraction of sp³-hybridized carbons (Fsp3) is 0.591. The number of amides is 3. The first-order valence-corrected chi connectivity index (χ1v) is 10.6. The Hall–Kier alpha value is -2.45. The average Bonchev–Trinajstić information content (AvgIpc) is 2.69. The van der Waals surface area contributed by atoms with Crippen molar-refractivity contribution in [1.29, 1.82) is 0 Å². The number of aryl methyl sites for hydroxylation is 2. The zero-order valence-corrected chi connectivity index (χ0v) is 18.7. The van der Waals surface area contributed by atoms with Crippen molar-refractivity contribution >= 4 is 23.4 Å². The van der Waals surface area contributed by atoms with Gasteiger partial charge in [-0.15, -0.1) is 0 Å². The zero-order valence-electron chi connectivity index (χ0n) is 18.7. The molecule has 1 aliphatic heterocycles. The summed E-state index contributed by atoms with van der Waals surface area (Å²) >= 11 is 0. The van der Waals surface area contributed by atoms with Crippen LogP contribution in [0.5, 0.6) is 0 Å². The first-order valence-electron chi connectivity index (χ1n) is 10.6. The molecule has 1 saturated heterocycles. The fourth-order valence-corrected chi connectivity index (χ4v) is 3.50. The fourth-order valence-electron chi connectivity index (χ4n) is 3.50. The third-order valence-corrected chi connectivity index (χ3v) is 5.23. The van der Waals surface area contributed by atoms with Crippen molar-refractivity contribution in [2.75, 3.05) is 64.7 Å². The van der Waals surface area contributed by atoms with Crippen molar-refractivity contribution in [1.82, 2.24) is 20.0 Å². The number of anilines is 1. The summed E-state index contributed by atoms with van der Waals surface area (Å²) in [7, 11) is 1.77. The molecule has 1 aliphatic rings. The molecule has 0 saturated carbocycles. The lowest BCUT2D eigenvalue weighted by Crippen LogP contribution is -2.53. The summed E-state index contributed by atoms with van der Waals surface area (Å²) in [4.78, 5) is 42.4. The van der Waals surface area contributed by atoms with Gasteiger partial charge < -0.3 is 15.5 Å². The van der Waals surface area contributed by atoms with Gasteiger partial charge in [0, 0.05) is 38.4 Å². The van der Waals surface area contributed by atoms with Gasteiger partial charge >= 0.3 is 0 Å². The monoisotopic (exact) mass is 417 g/mol. The van der Waals surface area contributed by atoms with E-state index in [9.17, 15) is 14.4 Å². The molecule has 0 atom stereocenters. The van der Waals surface area contributed by atoms with E-state index < -0.39 is 0 Å². The smallest absolute Gasteiger partial charge is 0.238 e. The van der Waals surface area contributed by atoms with Gasteiger partial charge in [-0.25, -0.2) is 0 Å². The van der Waals surface area contributed by atoms with Gasteiger partial charge in [-0.3, -0.25) is 24.2 Å². The molecule has 8 nitrogen and oxygen atoms in total. The van der Waals surface area contributed by atoms with Crippen LogP contribution in [0.1, 0.15) is 24.5 Å². The van der Waals surface area contributed by atoms with Gasteiger partial charge in [0.1, 0.15) is 0 Å². The molecule has 0 spiro atoms. The minimum absolute atomic E-state index is 0.00690. The van der Waals surface area contributed by atoms with Crippen LogP contribution in [0.2, 0.25) is 0 Å². The minimum atomic E-state index is -0.134. The maximum absolute atomic E-state index is 12.6. The second kappa shape index (κ2) is 11.7. The molecule has 0 aromatic heterocycles. The second-order valence-corrected chi connectivity index (χ2v) is 7.99. The third-order valence-electron chi connectivity index (χ3n) is 5.23. The molecule has 0 unspecified atom stereocenters. The van der Waals surface area contributed by atoms with Gasteiger partial charge in [0.2, 0.25) is 17.7 Å². The average molecular weight is 418 g/mol. The Morgan fingerprint density at radius 3 is 2.23 bits per heavy atom. The Labute approximate surface area is 179 Å². The number of para-hydroxylation sites is 1. The van der Waals surface area contributed by atoms with Gasteiger partial charge in [0.05, 0.1) is 19.6 Å². The quantitative estimate of drug-likeness (QED) is 0.622. The normalized spacial score (nSPS) is 14.6. The van der Waals surface area contributed by atoms with E-state index in [4.69, 9.17) is 0 Å². The molecule has 2 rings (SSSR count).